The molecule has 0 saturated carbocycles. The molecule has 1 aliphatic heterocycles. The highest BCUT2D eigenvalue weighted by Crippen LogP contribution is 2.32. The van der Waals surface area contributed by atoms with E-state index in [2.05, 4.69) is 36.4 Å². The molecule has 3 heteroatoms. The van der Waals surface area contributed by atoms with Crippen LogP contribution in [0.2, 0.25) is 0 Å². The van der Waals surface area contributed by atoms with Crippen molar-refractivity contribution in [2.24, 2.45) is 5.92 Å². The molecule has 0 bridgehead atoms. The van der Waals surface area contributed by atoms with Gasteiger partial charge in [0.05, 0.1) is 0 Å². The summed E-state index contributed by atoms with van der Waals surface area (Å²) in [6.07, 6.45) is 2.46. The number of nitrogens with zero attached hydrogens (tertiary/aromatic N) is 1. The Morgan fingerprint density at radius 1 is 1.41 bits per heavy atom. The molecule has 17 heavy (non-hydrogen) atoms. The third-order valence-electron chi connectivity index (χ3n) is 3.47. The molecule has 0 spiro atoms. The van der Waals surface area contributed by atoms with Crippen LogP contribution in [0.1, 0.15) is 17.5 Å². The molecule has 1 aromatic carbocycles. The van der Waals surface area contributed by atoms with Crippen LogP contribution in [0.3, 0.4) is 0 Å². The van der Waals surface area contributed by atoms with Crippen LogP contribution >= 0.6 is 15.9 Å². The maximum atomic E-state index is 12.0. The lowest BCUT2D eigenvalue weighted by atomic mass is 10.1. The third-order valence-corrected chi connectivity index (χ3v) is 4.33. The van der Waals surface area contributed by atoms with Crippen LogP contribution in [0.5, 0.6) is 0 Å². The molecule has 1 amide bonds. The second-order valence-corrected chi connectivity index (χ2v) is 5.38. The molecule has 0 aromatic heterocycles. The van der Waals surface area contributed by atoms with E-state index in [-0.39, 0.29) is 11.8 Å². The predicted octanol–water partition coefficient (Wildman–Crippen LogP) is 3.60. The highest BCUT2D eigenvalue weighted by atomic mass is 79.9. The Kier molecular flexibility index (Phi) is 3.38. The van der Waals surface area contributed by atoms with E-state index >= 15 is 0 Å². The van der Waals surface area contributed by atoms with E-state index in [0.29, 0.717) is 6.42 Å². The molecule has 1 aliphatic rings. The molecule has 1 fully saturated rings. The number of hydrogen-bond acceptors (Lipinski definition) is 1. The molecule has 1 atom stereocenters. The predicted molar refractivity (Wildman–Crippen MR) is 74.3 cm³/mol. The van der Waals surface area contributed by atoms with Crippen molar-refractivity contribution in [1.29, 1.82) is 0 Å². The highest BCUT2D eigenvalue weighted by Gasteiger charge is 2.29. The van der Waals surface area contributed by atoms with Gasteiger partial charge < -0.3 is 4.90 Å². The SMILES string of the molecule is C=CC1CC(=O)N(c2ccc(Br)c(C)c2C)C1. The number of amides is 1. The number of carbonyl (C=O) groups is 1. The van der Waals surface area contributed by atoms with Crippen molar-refractivity contribution >= 4 is 27.5 Å². The van der Waals surface area contributed by atoms with E-state index in [4.69, 9.17) is 0 Å². The zero-order valence-electron chi connectivity index (χ0n) is 10.2. The topological polar surface area (TPSA) is 20.3 Å². The minimum Gasteiger partial charge on any atom is -0.312 e. The zero-order chi connectivity index (χ0) is 12.6. The minimum absolute atomic E-state index is 0.194. The normalized spacial score (nSPS) is 19.8. The number of anilines is 1. The first kappa shape index (κ1) is 12.4. The van der Waals surface area contributed by atoms with Crippen molar-refractivity contribution < 1.29 is 4.79 Å². The molecule has 1 saturated heterocycles. The lowest BCUT2D eigenvalue weighted by Gasteiger charge is -2.20. The molecule has 2 nitrogen and oxygen atoms in total. The lowest BCUT2D eigenvalue weighted by Crippen LogP contribution is -2.25. The van der Waals surface area contributed by atoms with Crippen LogP contribution < -0.4 is 4.90 Å². The van der Waals surface area contributed by atoms with Gasteiger partial charge in [0.25, 0.3) is 0 Å². The fraction of sp³-hybridized carbons (Fsp3) is 0.357. The van der Waals surface area contributed by atoms with Crippen LogP contribution in [0.25, 0.3) is 0 Å². The Morgan fingerprint density at radius 2 is 2.12 bits per heavy atom. The summed E-state index contributed by atoms with van der Waals surface area (Å²) in [6.45, 7) is 8.65. The van der Waals surface area contributed by atoms with E-state index in [0.717, 1.165) is 22.3 Å². The summed E-state index contributed by atoms with van der Waals surface area (Å²) in [5.41, 5.74) is 3.38. The molecule has 0 N–H and O–H groups in total. The van der Waals surface area contributed by atoms with E-state index in [9.17, 15) is 4.79 Å². The number of rotatable bonds is 2. The Hall–Kier alpha value is -1.09. The van der Waals surface area contributed by atoms with Crippen molar-refractivity contribution in [3.8, 4) is 0 Å². The zero-order valence-corrected chi connectivity index (χ0v) is 11.8. The molecule has 0 aliphatic carbocycles. The molecule has 1 heterocycles. The van der Waals surface area contributed by atoms with Crippen molar-refractivity contribution in [1.82, 2.24) is 0 Å². The summed E-state index contributed by atoms with van der Waals surface area (Å²) >= 11 is 3.51. The number of benzene rings is 1. The molecule has 2 rings (SSSR count). The quantitative estimate of drug-likeness (QED) is 0.763. The van der Waals surface area contributed by atoms with Crippen LogP contribution in [-0.2, 0) is 4.79 Å². The standard InChI is InChI=1S/C14H16BrNO/c1-4-11-7-14(17)16(8-11)13-6-5-12(15)9(2)10(13)3/h4-6,11H,1,7-8H2,2-3H3. The van der Waals surface area contributed by atoms with Gasteiger partial charge in [0, 0.05) is 29.0 Å². The number of halogens is 1. The second-order valence-electron chi connectivity index (χ2n) is 4.52. The summed E-state index contributed by atoms with van der Waals surface area (Å²) in [6, 6.07) is 4.02. The molecule has 90 valence electrons. The Balaban J connectivity index is 2.39. The van der Waals surface area contributed by atoms with Crippen LogP contribution in [0.15, 0.2) is 29.3 Å². The largest absolute Gasteiger partial charge is 0.312 e. The molecule has 0 radical (unpaired) electrons. The molecule has 1 unspecified atom stereocenters. The first-order valence-corrected chi connectivity index (χ1v) is 6.52. The van der Waals surface area contributed by atoms with E-state index < -0.39 is 0 Å². The minimum atomic E-state index is 0.194. The summed E-state index contributed by atoms with van der Waals surface area (Å²) in [5.74, 6) is 0.477. The van der Waals surface area contributed by atoms with E-state index in [1.165, 1.54) is 5.56 Å². The molecule has 1 aromatic rings. The number of carbonyl (C=O) groups excluding carboxylic acids is 1. The van der Waals surface area contributed by atoms with E-state index in [1.807, 2.05) is 23.1 Å². The van der Waals surface area contributed by atoms with E-state index in [1.54, 1.807) is 0 Å². The summed E-state index contributed by atoms with van der Waals surface area (Å²) in [4.78, 5) is 13.8. The Bertz CT molecular complexity index is 481. The van der Waals surface area contributed by atoms with Gasteiger partial charge in [-0.3, -0.25) is 4.79 Å². The van der Waals surface area contributed by atoms with Gasteiger partial charge >= 0.3 is 0 Å². The van der Waals surface area contributed by atoms with Gasteiger partial charge in [-0.15, -0.1) is 6.58 Å². The van der Waals surface area contributed by atoms with Gasteiger partial charge in [-0.05, 0) is 37.1 Å². The third kappa shape index (κ3) is 2.16. The van der Waals surface area contributed by atoms with Gasteiger partial charge in [-0.25, -0.2) is 0 Å². The molecular weight excluding hydrogens is 278 g/mol. The lowest BCUT2D eigenvalue weighted by molar-refractivity contribution is -0.117. The Labute approximate surface area is 110 Å². The fourth-order valence-electron chi connectivity index (χ4n) is 2.19. The first-order valence-electron chi connectivity index (χ1n) is 5.73. The molecular formula is C14H16BrNO. The highest BCUT2D eigenvalue weighted by molar-refractivity contribution is 9.10. The van der Waals surface area contributed by atoms with Crippen molar-refractivity contribution in [3.63, 3.8) is 0 Å². The average molecular weight is 294 g/mol. The maximum absolute atomic E-state index is 12.0. The Morgan fingerprint density at radius 3 is 2.71 bits per heavy atom. The van der Waals surface area contributed by atoms with Crippen LogP contribution in [0, 0.1) is 19.8 Å². The smallest absolute Gasteiger partial charge is 0.227 e. The maximum Gasteiger partial charge on any atom is 0.227 e. The van der Waals surface area contributed by atoms with Gasteiger partial charge in [-0.1, -0.05) is 22.0 Å². The van der Waals surface area contributed by atoms with Crippen molar-refractivity contribution in [3.05, 3.63) is 40.4 Å². The first-order chi connectivity index (χ1) is 8.04. The van der Waals surface area contributed by atoms with Crippen molar-refractivity contribution in [2.75, 3.05) is 11.4 Å². The summed E-state index contributed by atoms with van der Waals surface area (Å²) in [7, 11) is 0. The van der Waals surface area contributed by atoms with Gasteiger partial charge in [-0.2, -0.15) is 0 Å². The van der Waals surface area contributed by atoms with Crippen molar-refractivity contribution in [2.45, 2.75) is 20.3 Å². The van der Waals surface area contributed by atoms with Crippen LogP contribution in [0.4, 0.5) is 5.69 Å². The monoisotopic (exact) mass is 293 g/mol. The summed E-state index contributed by atoms with van der Waals surface area (Å²) < 4.78 is 1.09. The van der Waals surface area contributed by atoms with Gasteiger partial charge in [0.2, 0.25) is 5.91 Å². The average Bonchev–Trinajstić information content (AvgIpc) is 2.68. The summed E-state index contributed by atoms with van der Waals surface area (Å²) in [5, 5.41) is 0. The fourth-order valence-corrected chi connectivity index (χ4v) is 2.62. The van der Waals surface area contributed by atoms with Gasteiger partial charge in [0.1, 0.15) is 0 Å². The van der Waals surface area contributed by atoms with Crippen LogP contribution in [-0.4, -0.2) is 12.5 Å². The van der Waals surface area contributed by atoms with Gasteiger partial charge in [0.15, 0.2) is 0 Å². The number of hydrogen-bond donors (Lipinski definition) is 0. The second kappa shape index (κ2) is 4.65.